The van der Waals surface area contributed by atoms with Crippen LogP contribution in [0.15, 0.2) is 0 Å². The Balaban J connectivity index is 1.65. The minimum Gasteiger partial charge on any atom is -0.375 e. The summed E-state index contributed by atoms with van der Waals surface area (Å²) in [7, 11) is 0. The molecule has 1 amide bonds. The van der Waals surface area contributed by atoms with Crippen LogP contribution in [0.25, 0.3) is 0 Å². The van der Waals surface area contributed by atoms with Gasteiger partial charge < -0.3 is 15.4 Å². The molecular formula is C16H30N2O2S. The molecule has 1 spiro atoms. The summed E-state index contributed by atoms with van der Waals surface area (Å²) in [6.07, 6.45) is 5.13. The highest BCUT2D eigenvalue weighted by Gasteiger charge is 2.38. The molecule has 4 nitrogen and oxygen atoms in total. The van der Waals surface area contributed by atoms with Gasteiger partial charge in [-0.3, -0.25) is 4.79 Å². The maximum Gasteiger partial charge on any atom is 0.221 e. The van der Waals surface area contributed by atoms with Crippen molar-refractivity contribution in [1.29, 1.82) is 0 Å². The quantitative estimate of drug-likeness (QED) is 0.789. The molecule has 1 atom stereocenters. The predicted molar refractivity (Wildman–Crippen MR) is 88.7 cm³/mol. The van der Waals surface area contributed by atoms with Crippen LogP contribution in [-0.4, -0.2) is 48.8 Å². The summed E-state index contributed by atoms with van der Waals surface area (Å²) >= 11 is 2.04. The molecule has 2 aliphatic heterocycles. The molecule has 0 aromatic rings. The second kappa shape index (κ2) is 8.39. The summed E-state index contributed by atoms with van der Waals surface area (Å²) in [6.45, 7) is 6.64. The molecule has 2 N–H and O–H groups in total. The van der Waals surface area contributed by atoms with Crippen LogP contribution in [0.1, 0.15) is 46.0 Å². The predicted octanol–water partition coefficient (Wildman–Crippen LogP) is 2.18. The highest BCUT2D eigenvalue weighted by atomic mass is 32.2. The molecule has 0 saturated carbocycles. The highest BCUT2D eigenvalue weighted by Crippen LogP contribution is 2.37. The van der Waals surface area contributed by atoms with E-state index in [9.17, 15) is 4.79 Å². The van der Waals surface area contributed by atoms with Crippen molar-refractivity contribution in [3.05, 3.63) is 0 Å². The zero-order valence-corrected chi connectivity index (χ0v) is 14.3. The first-order valence-corrected chi connectivity index (χ1v) is 9.47. The lowest BCUT2D eigenvalue weighted by molar-refractivity contribution is -0.121. The molecule has 21 heavy (non-hydrogen) atoms. The molecule has 2 rings (SSSR count). The van der Waals surface area contributed by atoms with Crippen LogP contribution in [0.2, 0.25) is 0 Å². The zero-order chi connectivity index (χ0) is 15.1. The summed E-state index contributed by atoms with van der Waals surface area (Å²) in [4.78, 5) is 11.7. The van der Waals surface area contributed by atoms with Crippen LogP contribution in [0.5, 0.6) is 0 Å². The second-order valence-corrected chi connectivity index (χ2v) is 7.96. The Morgan fingerprint density at radius 3 is 2.86 bits per heavy atom. The number of thioether (sulfide) groups is 1. The molecule has 0 aliphatic carbocycles. The minimum absolute atomic E-state index is 0.126. The van der Waals surface area contributed by atoms with Gasteiger partial charge in [0.25, 0.3) is 0 Å². The molecule has 0 radical (unpaired) electrons. The molecule has 0 aromatic carbocycles. The van der Waals surface area contributed by atoms with Crippen LogP contribution >= 0.6 is 11.8 Å². The van der Waals surface area contributed by atoms with Gasteiger partial charge in [-0.1, -0.05) is 13.8 Å². The van der Waals surface area contributed by atoms with Gasteiger partial charge in [0.15, 0.2) is 0 Å². The molecule has 2 aliphatic rings. The minimum atomic E-state index is 0.126. The molecule has 2 saturated heterocycles. The molecule has 2 heterocycles. The van der Waals surface area contributed by atoms with E-state index in [1.54, 1.807) is 0 Å². The van der Waals surface area contributed by atoms with Gasteiger partial charge >= 0.3 is 0 Å². The fourth-order valence-electron chi connectivity index (χ4n) is 3.09. The number of nitrogens with one attached hydrogen (secondary N) is 2. The third-order valence-electron chi connectivity index (χ3n) is 4.39. The average Bonchev–Trinajstić information content (AvgIpc) is 2.46. The van der Waals surface area contributed by atoms with Crippen LogP contribution in [0.3, 0.4) is 0 Å². The fraction of sp³-hybridized carbons (Fsp3) is 0.938. The van der Waals surface area contributed by atoms with Gasteiger partial charge in [0.05, 0.1) is 5.60 Å². The number of carbonyl (C=O) groups excluding carboxylic acids is 1. The van der Waals surface area contributed by atoms with Crippen molar-refractivity contribution >= 4 is 17.7 Å². The van der Waals surface area contributed by atoms with Crippen molar-refractivity contribution in [2.45, 2.75) is 57.6 Å². The average molecular weight is 314 g/mol. The number of hydrogen-bond donors (Lipinski definition) is 2. The first-order chi connectivity index (χ1) is 10.1. The monoisotopic (exact) mass is 314 g/mol. The van der Waals surface area contributed by atoms with Crippen molar-refractivity contribution in [3.63, 3.8) is 0 Å². The third kappa shape index (κ3) is 5.80. The standard InChI is InChI=1S/C16H30N2O2S/c1-13(2)12-18-15(19)3-7-17-14-4-8-20-16(11-14)5-9-21-10-6-16/h13-14,17H,3-12H2,1-2H3,(H,18,19). The summed E-state index contributed by atoms with van der Waals surface area (Å²) in [5.41, 5.74) is 0.126. The number of rotatable bonds is 6. The number of amides is 1. The Morgan fingerprint density at radius 1 is 1.38 bits per heavy atom. The van der Waals surface area contributed by atoms with Gasteiger partial charge in [0.2, 0.25) is 5.91 Å². The Labute approximate surface area is 133 Å². The second-order valence-electron chi connectivity index (χ2n) is 6.74. The van der Waals surface area contributed by atoms with E-state index < -0.39 is 0 Å². The van der Waals surface area contributed by atoms with E-state index >= 15 is 0 Å². The van der Waals surface area contributed by atoms with Crippen LogP contribution in [0.4, 0.5) is 0 Å². The highest BCUT2D eigenvalue weighted by molar-refractivity contribution is 7.99. The summed E-state index contributed by atoms with van der Waals surface area (Å²) in [5.74, 6) is 3.13. The van der Waals surface area contributed by atoms with Crippen LogP contribution in [0, 0.1) is 5.92 Å². The van der Waals surface area contributed by atoms with Crippen molar-refractivity contribution in [3.8, 4) is 0 Å². The lowest BCUT2D eigenvalue weighted by Gasteiger charge is -2.43. The third-order valence-corrected chi connectivity index (χ3v) is 5.38. The molecule has 2 fully saturated rings. The van der Waals surface area contributed by atoms with E-state index in [2.05, 4.69) is 24.5 Å². The first-order valence-electron chi connectivity index (χ1n) is 8.31. The Bertz CT molecular complexity index is 325. The van der Waals surface area contributed by atoms with Crippen molar-refractivity contribution in [2.24, 2.45) is 5.92 Å². The van der Waals surface area contributed by atoms with E-state index in [-0.39, 0.29) is 11.5 Å². The van der Waals surface area contributed by atoms with E-state index in [4.69, 9.17) is 4.74 Å². The molecule has 1 unspecified atom stereocenters. The summed E-state index contributed by atoms with van der Waals surface area (Å²) in [6, 6.07) is 0.514. The van der Waals surface area contributed by atoms with Crippen LogP contribution in [-0.2, 0) is 9.53 Å². The maximum absolute atomic E-state index is 11.7. The first kappa shape index (κ1) is 17.1. The normalized spacial score (nSPS) is 25.2. The number of hydrogen-bond acceptors (Lipinski definition) is 4. The largest absolute Gasteiger partial charge is 0.375 e. The van der Waals surface area contributed by atoms with E-state index in [0.29, 0.717) is 18.4 Å². The van der Waals surface area contributed by atoms with Gasteiger partial charge in [0.1, 0.15) is 0 Å². The van der Waals surface area contributed by atoms with Gasteiger partial charge in [-0.05, 0) is 43.1 Å². The molecule has 5 heteroatoms. The molecule has 122 valence electrons. The maximum atomic E-state index is 11.7. The number of ether oxygens (including phenoxy) is 1. The lowest BCUT2D eigenvalue weighted by Crippen LogP contribution is -2.49. The van der Waals surface area contributed by atoms with Gasteiger partial charge in [0, 0.05) is 32.2 Å². The Hall–Kier alpha value is -0.260. The molecule has 0 bridgehead atoms. The topological polar surface area (TPSA) is 50.4 Å². The fourth-order valence-corrected chi connectivity index (χ4v) is 4.33. The van der Waals surface area contributed by atoms with Crippen molar-refractivity contribution in [1.82, 2.24) is 10.6 Å². The van der Waals surface area contributed by atoms with E-state index in [1.807, 2.05) is 11.8 Å². The Morgan fingerprint density at radius 2 is 2.14 bits per heavy atom. The zero-order valence-electron chi connectivity index (χ0n) is 13.5. The summed E-state index contributed by atoms with van der Waals surface area (Å²) < 4.78 is 6.10. The molecular weight excluding hydrogens is 284 g/mol. The van der Waals surface area contributed by atoms with Crippen molar-refractivity contribution < 1.29 is 9.53 Å². The smallest absolute Gasteiger partial charge is 0.221 e. The van der Waals surface area contributed by atoms with E-state index in [1.165, 1.54) is 24.3 Å². The van der Waals surface area contributed by atoms with Gasteiger partial charge in [-0.25, -0.2) is 0 Å². The van der Waals surface area contributed by atoms with Crippen LogP contribution < -0.4 is 10.6 Å². The van der Waals surface area contributed by atoms with Crippen molar-refractivity contribution in [2.75, 3.05) is 31.2 Å². The Kier molecular flexibility index (Phi) is 6.83. The van der Waals surface area contributed by atoms with Gasteiger partial charge in [-0.15, -0.1) is 0 Å². The van der Waals surface area contributed by atoms with E-state index in [0.717, 1.165) is 32.5 Å². The van der Waals surface area contributed by atoms with Gasteiger partial charge in [-0.2, -0.15) is 11.8 Å². The summed E-state index contributed by atoms with van der Waals surface area (Å²) in [5, 5.41) is 6.53. The lowest BCUT2D eigenvalue weighted by atomic mass is 9.85. The molecule has 0 aromatic heterocycles. The number of carbonyl (C=O) groups is 1. The SMILES string of the molecule is CC(C)CNC(=O)CCNC1CCOC2(CCSCC2)C1.